The van der Waals surface area contributed by atoms with Gasteiger partial charge in [-0.2, -0.15) is 0 Å². The number of methoxy groups -OCH3 is 1. The van der Waals surface area contributed by atoms with Gasteiger partial charge in [-0.25, -0.2) is 8.78 Å². The van der Waals surface area contributed by atoms with Crippen molar-refractivity contribution in [2.75, 3.05) is 46.5 Å². The van der Waals surface area contributed by atoms with E-state index in [1.165, 1.54) is 54.5 Å². The van der Waals surface area contributed by atoms with Gasteiger partial charge in [0.25, 0.3) is 11.8 Å². The predicted molar refractivity (Wildman–Crippen MR) is 106 cm³/mol. The Labute approximate surface area is 174 Å². The molecule has 6 nitrogen and oxygen atoms in total. The Kier molecular flexibility index (Phi) is 7.48. The van der Waals surface area contributed by atoms with Crippen LogP contribution in [0.2, 0.25) is 0 Å². The van der Waals surface area contributed by atoms with Crippen molar-refractivity contribution in [3.05, 3.63) is 71.3 Å². The van der Waals surface area contributed by atoms with Crippen LogP contribution in [-0.2, 0) is 9.47 Å². The number of rotatable bonds is 7. The van der Waals surface area contributed by atoms with Crippen LogP contribution in [-0.4, -0.2) is 74.2 Å². The molecule has 8 heteroatoms. The molecule has 3 rings (SSSR count). The predicted octanol–water partition coefficient (Wildman–Crippen LogP) is 2.59. The summed E-state index contributed by atoms with van der Waals surface area (Å²) in [7, 11) is 1.53. The first-order valence-electron chi connectivity index (χ1n) is 9.68. The summed E-state index contributed by atoms with van der Waals surface area (Å²) >= 11 is 0. The highest BCUT2D eigenvalue weighted by Gasteiger charge is 2.28. The smallest absolute Gasteiger partial charge is 0.254 e. The fourth-order valence-corrected chi connectivity index (χ4v) is 3.32. The van der Waals surface area contributed by atoms with Crippen molar-refractivity contribution in [1.29, 1.82) is 0 Å². The van der Waals surface area contributed by atoms with E-state index in [2.05, 4.69) is 0 Å². The van der Waals surface area contributed by atoms with Gasteiger partial charge in [0.05, 0.1) is 19.3 Å². The van der Waals surface area contributed by atoms with Gasteiger partial charge in [-0.15, -0.1) is 0 Å². The Balaban J connectivity index is 1.68. The Morgan fingerprint density at radius 3 is 2.60 bits per heavy atom. The molecule has 0 spiro atoms. The minimum absolute atomic E-state index is 0.219. The van der Waals surface area contributed by atoms with Crippen LogP contribution in [0.15, 0.2) is 48.5 Å². The van der Waals surface area contributed by atoms with E-state index >= 15 is 0 Å². The van der Waals surface area contributed by atoms with Gasteiger partial charge in [-0.1, -0.05) is 6.07 Å². The van der Waals surface area contributed by atoms with Crippen LogP contribution in [0.4, 0.5) is 8.78 Å². The summed E-state index contributed by atoms with van der Waals surface area (Å²) in [4.78, 5) is 28.8. The van der Waals surface area contributed by atoms with Crippen molar-refractivity contribution < 1.29 is 27.8 Å². The molecule has 1 aliphatic rings. The second-order valence-corrected chi connectivity index (χ2v) is 7.01. The third-order valence-electron chi connectivity index (χ3n) is 4.87. The van der Waals surface area contributed by atoms with Gasteiger partial charge in [0.1, 0.15) is 11.6 Å². The van der Waals surface area contributed by atoms with Crippen LogP contribution >= 0.6 is 0 Å². The number of carbonyl (C=O) groups is 2. The molecule has 2 aromatic rings. The molecular formula is C22H24F2N2O4. The molecule has 1 aliphatic heterocycles. The summed E-state index contributed by atoms with van der Waals surface area (Å²) in [6, 6.07) is 10.9. The Bertz CT molecular complexity index is 876. The van der Waals surface area contributed by atoms with Crippen LogP contribution in [0.25, 0.3) is 0 Å². The van der Waals surface area contributed by atoms with Crippen molar-refractivity contribution in [3.63, 3.8) is 0 Å². The van der Waals surface area contributed by atoms with Crippen LogP contribution in [0, 0.1) is 11.6 Å². The minimum Gasteiger partial charge on any atom is -0.383 e. The number of ether oxygens (including phenoxy) is 2. The van der Waals surface area contributed by atoms with Gasteiger partial charge in [0, 0.05) is 44.4 Å². The van der Waals surface area contributed by atoms with Gasteiger partial charge in [-0.3, -0.25) is 9.59 Å². The lowest BCUT2D eigenvalue weighted by Crippen LogP contribution is -2.51. The molecule has 0 aliphatic carbocycles. The summed E-state index contributed by atoms with van der Waals surface area (Å²) in [6.07, 6.45) is -0.405. The Morgan fingerprint density at radius 1 is 1.13 bits per heavy atom. The number of hydrogen-bond donors (Lipinski definition) is 0. The summed E-state index contributed by atoms with van der Waals surface area (Å²) in [5.41, 5.74) is 0.630. The average molecular weight is 418 g/mol. The monoisotopic (exact) mass is 418 g/mol. The molecule has 0 bridgehead atoms. The molecule has 0 radical (unpaired) electrons. The molecule has 0 N–H and O–H groups in total. The highest BCUT2D eigenvalue weighted by Crippen LogP contribution is 2.14. The first kappa shape index (κ1) is 21.9. The Hall–Kier alpha value is -2.84. The molecule has 2 amide bonds. The SMILES string of the molecule is COCCN(CC1CN(C(=O)c2ccc(F)cc2)CCO1)C(=O)c1cccc(F)c1. The van der Waals surface area contributed by atoms with Crippen LogP contribution in [0.3, 0.4) is 0 Å². The number of morpholine rings is 1. The third-order valence-corrected chi connectivity index (χ3v) is 4.87. The Morgan fingerprint density at radius 2 is 1.90 bits per heavy atom. The zero-order valence-corrected chi connectivity index (χ0v) is 16.7. The number of hydrogen-bond acceptors (Lipinski definition) is 4. The van der Waals surface area contributed by atoms with E-state index in [0.717, 1.165) is 0 Å². The number of benzene rings is 2. The summed E-state index contributed by atoms with van der Waals surface area (Å²) < 4.78 is 37.5. The van der Waals surface area contributed by atoms with Crippen LogP contribution in [0.5, 0.6) is 0 Å². The lowest BCUT2D eigenvalue weighted by Gasteiger charge is -2.36. The van der Waals surface area contributed by atoms with Crippen molar-refractivity contribution in [2.24, 2.45) is 0 Å². The van der Waals surface area contributed by atoms with E-state index in [9.17, 15) is 18.4 Å². The van der Waals surface area contributed by atoms with Gasteiger partial charge >= 0.3 is 0 Å². The molecule has 2 aromatic carbocycles. The van der Waals surface area contributed by atoms with Gasteiger partial charge < -0.3 is 19.3 Å². The van der Waals surface area contributed by atoms with Gasteiger partial charge in [0.15, 0.2) is 0 Å². The fourth-order valence-electron chi connectivity index (χ4n) is 3.32. The standard InChI is InChI=1S/C22H24F2N2O4/c1-29-11-9-25(22(28)17-3-2-4-19(24)13-17)14-20-15-26(10-12-30-20)21(27)16-5-7-18(23)8-6-16/h2-8,13,20H,9-12,14-15H2,1H3. The highest BCUT2D eigenvalue weighted by atomic mass is 19.1. The number of halogens is 2. The number of amides is 2. The van der Waals surface area contributed by atoms with E-state index in [-0.39, 0.29) is 30.5 Å². The van der Waals surface area contributed by atoms with E-state index in [1.807, 2.05) is 0 Å². The fraction of sp³-hybridized carbons (Fsp3) is 0.364. The minimum atomic E-state index is -0.488. The summed E-state index contributed by atoms with van der Waals surface area (Å²) in [6.45, 7) is 1.86. The van der Waals surface area contributed by atoms with Crippen LogP contribution in [0.1, 0.15) is 20.7 Å². The number of carbonyl (C=O) groups excluding carboxylic acids is 2. The van der Waals surface area contributed by atoms with Crippen molar-refractivity contribution in [2.45, 2.75) is 6.10 Å². The van der Waals surface area contributed by atoms with Crippen LogP contribution < -0.4 is 0 Å². The molecule has 160 valence electrons. The second-order valence-electron chi connectivity index (χ2n) is 7.01. The maximum atomic E-state index is 13.5. The molecule has 1 saturated heterocycles. The average Bonchev–Trinajstić information content (AvgIpc) is 2.76. The molecule has 30 heavy (non-hydrogen) atoms. The molecule has 1 atom stereocenters. The van der Waals surface area contributed by atoms with Gasteiger partial charge in [-0.05, 0) is 42.5 Å². The van der Waals surface area contributed by atoms with E-state index in [4.69, 9.17) is 9.47 Å². The molecule has 0 aromatic heterocycles. The molecule has 1 unspecified atom stereocenters. The normalized spacial score (nSPS) is 16.4. The van der Waals surface area contributed by atoms with Gasteiger partial charge in [0.2, 0.25) is 0 Å². The largest absolute Gasteiger partial charge is 0.383 e. The molecular weight excluding hydrogens is 394 g/mol. The van der Waals surface area contributed by atoms with Crippen molar-refractivity contribution in [3.8, 4) is 0 Å². The number of nitrogens with zero attached hydrogens (tertiary/aromatic N) is 2. The molecule has 1 heterocycles. The van der Waals surface area contributed by atoms with E-state index in [0.29, 0.717) is 31.9 Å². The summed E-state index contributed by atoms with van der Waals surface area (Å²) in [5.74, 6) is -1.45. The topological polar surface area (TPSA) is 59.1 Å². The molecule has 1 fully saturated rings. The zero-order chi connectivity index (χ0) is 21.5. The summed E-state index contributed by atoms with van der Waals surface area (Å²) in [5, 5.41) is 0. The highest BCUT2D eigenvalue weighted by molar-refractivity contribution is 5.95. The van der Waals surface area contributed by atoms with Crippen molar-refractivity contribution in [1.82, 2.24) is 9.80 Å². The van der Waals surface area contributed by atoms with E-state index < -0.39 is 17.7 Å². The van der Waals surface area contributed by atoms with E-state index in [1.54, 1.807) is 11.0 Å². The first-order valence-corrected chi connectivity index (χ1v) is 9.68. The van der Waals surface area contributed by atoms with Crippen molar-refractivity contribution >= 4 is 11.8 Å². The zero-order valence-electron chi connectivity index (χ0n) is 16.7. The first-order chi connectivity index (χ1) is 14.5. The molecule has 0 saturated carbocycles. The lowest BCUT2D eigenvalue weighted by molar-refractivity contribution is -0.0347. The maximum Gasteiger partial charge on any atom is 0.254 e. The third kappa shape index (κ3) is 5.61. The maximum absolute atomic E-state index is 13.5. The lowest BCUT2D eigenvalue weighted by atomic mass is 10.1. The quantitative estimate of drug-likeness (QED) is 0.694. The second kappa shape index (κ2) is 10.3.